The van der Waals surface area contributed by atoms with Gasteiger partial charge in [0.15, 0.2) is 5.43 Å². The van der Waals surface area contributed by atoms with E-state index in [-0.39, 0.29) is 5.43 Å². The van der Waals surface area contributed by atoms with E-state index in [1.807, 2.05) is 25.1 Å². The first kappa shape index (κ1) is 9.54. The van der Waals surface area contributed by atoms with Crippen LogP contribution in [0.15, 0.2) is 29.1 Å². The van der Waals surface area contributed by atoms with Crippen LogP contribution in [-0.4, -0.2) is 0 Å². The van der Waals surface area contributed by atoms with Gasteiger partial charge in [-0.05, 0) is 31.0 Å². The summed E-state index contributed by atoms with van der Waals surface area (Å²) in [5, 5.41) is 0. The number of hydrogen-bond acceptors (Lipinski definition) is 1. The molecule has 66 valence electrons. The molecule has 0 bridgehead atoms. The predicted molar refractivity (Wildman–Crippen MR) is 54.6 cm³/mol. The van der Waals surface area contributed by atoms with Crippen molar-refractivity contribution in [3.8, 4) is 11.8 Å². The fourth-order valence-electron chi connectivity index (χ4n) is 1.03. The highest BCUT2D eigenvalue weighted by Gasteiger charge is 1.91. The van der Waals surface area contributed by atoms with Crippen molar-refractivity contribution < 1.29 is 0 Å². The van der Waals surface area contributed by atoms with Crippen molar-refractivity contribution in [1.29, 1.82) is 0 Å². The molecule has 0 aromatic heterocycles. The number of aryl methyl sites for hydroxylation is 1. The second-order valence-electron chi connectivity index (χ2n) is 2.90. The zero-order chi connectivity index (χ0) is 9.68. The molecule has 0 unspecified atom stereocenters. The lowest BCUT2D eigenvalue weighted by Crippen LogP contribution is -1.99. The van der Waals surface area contributed by atoms with Crippen LogP contribution in [0.5, 0.6) is 0 Å². The van der Waals surface area contributed by atoms with Crippen LogP contribution in [-0.2, 0) is 6.42 Å². The van der Waals surface area contributed by atoms with Crippen molar-refractivity contribution in [3.05, 3.63) is 45.6 Å². The highest BCUT2D eigenvalue weighted by Crippen LogP contribution is 1.96. The van der Waals surface area contributed by atoms with Crippen molar-refractivity contribution in [2.45, 2.75) is 20.3 Å². The number of hydrogen-bond donors (Lipinski definition) is 0. The Kier molecular flexibility index (Phi) is 3.28. The molecule has 0 radical (unpaired) electrons. The molecule has 1 heteroatoms. The standard InChI is InChI=1S/C12H12O/c1-3-4-7-11-8-5-6-10(2)12(13)9-11/h5-6,8-9H,7H2,1-2H3. The maximum Gasteiger partial charge on any atom is 0.181 e. The quantitative estimate of drug-likeness (QED) is 0.591. The van der Waals surface area contributed by atoms with Gasteiger partial charge >= 0.3 is 0 Å². The van der Waals surface area contributed by atoms with Crippen LogP contribution < -0.4 is 5.43 Å². The molecule has 0 aliphatic carbocycles. The van der Waals surface area contributed by atoms with Crippen LogP contribution in [0.25, 0.3) is 0 Å². The fraction of sp³-hybridized carbons (Fsp3) is 0.250. The van der Waals surface area contributed by atoms with Gasteiger partial charge in [0.2, 0.25) is 0 Å². The number of rotatable bonds is 1. The molecule has 0 aliphatic rings. The first-order chi connectivity index (χ1) is 6.24. The van der Waals surface area contributed by atoms with Gasteiger partial charge < -0.3 is 0 Å². The molecule has 0 fully saturated rings. The SMILES string of the molecule is CC#CCc1cccc(C)c(=O)c1. The smallest absolute Gasteiger partial charge is 0.181 e. The van der Waals surface area contributed by atoms with Crippen molar-refractivity contribution in [1.82, 2.24) is 0 Å². The van der Waals surface area contributed by atoms with E-state index in [1.165, 1.54) is 0 Å². The largest absolute Gasteiger partial charge is 0.290 e. The van der Waals surface area contributed by atoms with Crippen molar-refractivity contribution in [2.75, 3.05) is 0 Å². The minimum atomic E-state index is 0.0814. The molecule has 1 aromatic rings. The Morgan fingerprint density at radius 1 is 1.38 bits per heavy atom. The first-order valence-corrected chi connectivity index (χ1v) is 4.23. The van der Waals surface area contributed by atoms with E-state index in [9.17, 15) is 4.79 Å². The predicted octanol–water partition coefficient (Wildman–Crippen LogP) is 1.92. The van der Waals surface area contributed by atoms with Gasteiger partial charge in [-0.25, -0.2) is 0 Å². The Balaban J connectivity index is 3.11. The molecule has 0 saturated heterocycles. The molecule has 0 heterocycles. The second kappa shape index (κ2) is 4.47. The second-order valence-corrected chi connectivity index (χ2v) is 2.90. The molecule has 0 atom stereocenters. The Morgan fingerprint density at radius 3 is 2.85 bits per heavy atom. The van der Waals surface area contributed by atoms with Crippen molar-refractivity contribution in [2.24, 2.45) is 0 Å². The molecule has 0 spiro atoms. The van der Waals surface area contributed by atoms with Gasteiger partial charge in [-0.15, -0.1) is 5.92 Å². The molecular weight excluding hydrogens is 160 g/mol. The van der Waals surface area contributed by atoms with Gasteiger partial charge in [0.1, 0.15) is 0 Å². The van der Waals surface area contributed by atoms with Gasteiger partial charge in [-0.2, -0.15) is 0 Å². The lowest BCUT2D eigenvalue weighted by molar-refractivity contribution is 1.31. The summed E-state index contributed by atoms with van der Waals surface area (Å²) in [5.74, 6) is 5.74. The van der Waals surface area contributed by atoms with Gasteiger partial charge in [0, 0.05) is 6.42 Å². The van der Waals surface area contributed by atoms with E-state index in [4.69, 9.17) is 0 Å². The van der Waals surface area contributed by atoms with Gasteiger partial charge in [0.05, 0.1) is 0 Å². The molecular formula is C12H12O. The summed E-state index contributed by atoms with van der Waals surface area (Å²) in [5.41, 5.74) is 1.83. The average Bonchev–Trinajstić information content (AvgIpc) is 2.26. The summed E-state index contributed by atoms with van der Waals surface area (Å²) in [6.45, 7) is 3.61. The van der Waals surface area contributed by atoms with Crippen LogP contribution >= 0.6 is 0 Å². The lowest BCUT2D eigenvalue weighted by Gasteiger charge is -1.85. The monoisotopic (exact) mass is 172 g/mol. The Hall–Kier alpha value is -1.55. The van der Waals surface area contributed by atoms with E-state index in [0.717, 1.165) is 11.1 Å². The molecule has 1 aromatic carbocycles. The van der Waals surface area contributed by atoms with Gasteiger partial charge in [0.25, 0.3) is 0 Å². The van der Waals surface area contributed by atoms with E-state index in [1.54, 1.807) is 13.0 Å². The summed E-state index contributed by atoms with van der Waals surface area (Å²) < 4.78 is 0. The Labute approximate surface area is 78.4 Å². The molecule has 0 N–H and O–H groups in total. The van der Waals surface area contributed by atoms with Crippen LogP contribution in [0.2, 0.25) is 0 Å². The van der Waals surface area contributed by atoms with E-state index in [0.29, 0.717) is 6.42 Å². The van der Waals surface area contributed by atoms with Crippen LogP contribution in [0.1, 0.15) is 18.1 Å². The molecule has 0 saturated carbocycles. The van der Waals surface area contributed by atoms with Crippen LogP contribution in [0, 0.1) is 18.8 Å². The van der Waals surface area contributed by atoms with Crippen LogP contribution in [0.4, 0.5) is 0 Å². The highest BCUT2D eigenvalue weighted by atomic mass is 16.1. The van der Waals surface area contributed by atoms with E-state index < -0.39 is 0 Å². The Bertz CT molecular complexity index is 408. The van der Waals surface area contributed by atoms with E-state index in [2.05, 4.69) is 11.8 Å². The summed E-state index contributed by atoms with van der Waals surface area (Å²) in [6.07, 6.45) is 0.653. The molecule has 0 amide bonds. The first-order valence-electron chi connectivity index (χ1n) is 4.23. The van der Waals surface area contributed by atoms with Crippen molar-refractivity contribution in [3.63, 3.8) is 0 Å². The zero-order valence-electron chi connectivity index (χ0n) is 7.92. The van der Waals surface area contributed by atoms with Crippen molar-refractivity contribution >= 4 is 0 Å². The normalized spacial score (nSPS) is 8.77. The van der Waals surface area contributed by atoms with E-state index >= 15 is 0 Å². The topological polar surface area (TPSA) is 17.1 Å². The third-order valence-corrected chi connectivity index (χ3v) is 1.83. The minimum Gasteiger partial charge on any atom is -0.290 e. The summed E-state index contributed by atoms with van der Waals surface area (Å²) >= 11 is 0. The maximum atomic E-state index is 11.4. The molecule has 1 rings (SSSR count). The fourth-order valence-corrected chi connectivity index (χ4v) is 1.03. The maximum absolute atomic E-state index is 11.4. The van der Waals surface area contributed by atoms with Gasteiger partial charge in [-0.3, -0.25) is 4.79 Å². The third kappa shape index (κ3) is 2.76. The highest BCUT2D eigenvalue weighted by molar-refractivity contribution is 5.23. The zero-order valence-corrected chi connectivity index (χ0v) is 7.92. The molecule has 1 nitrogen and oxygen atoms in total. The van der Waals surface area contributed by atoms with Gasteiger partial charge in [-0.1, -0.05) is 24.1 Å². The third-order valence-electron chi connectivity index (χ3n) is 1.83. The summed E-state index contributed by atoms with van der Waals surface area (Å²) in [4.78, 5) is 11.4. The van der Waals surface area contributed by atoms with Crippen LogP contribution in [0.3, 0.4) is 0 Å². The summed E-state index contributed by atoms with van der Waals surface area (Å²) in [6, 6.07) is 7.30. The summed E-state index contributed by atoms with van der Waals surface area (Å²) in [7, 11) is 0. The molecule has 0 aliphatic heterocycles. The minimum absolute atomic E-state index is 0.0814. The lowest BCUT2D eigenvalue weighted by atomic mass is 10.2. The Morgan fingerprint density at radius 2 is 2.15 bits per heavy atom. The molecule has 13 heavy (non-hydrogen) atoms. The average molecular weight is 172 g/mol.